The number of hydrogen-bond acceptors (Lipinski definition) is 4. The highest BCUT2D eigenvalue weighted by Crippen LogP contribution is 2.33. The Morgan fingerprint density at radius 3 is 2.95 bits per heavy atom. The van der Waals surface area contributed by atoms with Crippen LogP contribution in [-0.2, 0) is 14.3 Å². The standard InChI is InChI=1S/C15H20ClNO3/c1-3-11-10-15(8-9-20-11,14(18)19-2)17-13-7-5-4-6-12(13)16/h4-7,11,17H,3,8-10H2,1-2H3. The molecule has 1 fully saturated rings. The number of methoxy groups -OCH3 is 1. The van der Waals surface area contributed by atoms with Crippen LogP contribution in [0.3, 0.4) is 0 Å². The van der Waals surface area contributed by atoms with Gasteiger partial charge in [-0.2, -0.15) is 0 Å². The Labute approximate surface area is 124 Å². The van der Waals surface area contributed by atoms with Gasteiger partial charge in [0.25, 0.3) is 0 Å². The first kappa shape index (κ1) is 15.1. The maximum absolute atomic E-state index is 12.3. The molecule has 2 atom stereocenters. The van der Waals surface area contributed by atoms with Gasteiger partial charge in [-0.3, -0.25) is 0 Å². The van der Waals surface area contributed by atoms with Crippen LogP contribution in [0.2, 0.25) is 5.02 Å². The fraction of sp³-hybridized carbons (Fsp3) is 0.533. The summed E-state index contributed by atoms with van der Waals surface area (Å²) in [6, 6.07) is 7.40. The van der Waals surface area contributed by atoms with Gasteiger partial charge in [0.1, 0.15) is 5.54 Å². The second kappa shape index (κ2) is 6.46. The predicted molar refractivity (Wildman–Crippen MR) is 79.1 cm³/mol. The summed E-state index contributed by atoms with van der Waals surface area (Å²) in [5.74, 6) is -0.265. The lowest BCUT2D eigenvalue weighted by molar-refractivity contribution is -0.151. The van der Waals surface area contributed by atoms with Crippen LogP contribution < -0.4 is 5.32 Å². The number of anilines is 1. The molecule has 2 rings (SSSR count). The van der Waals surface area contributed by atoms with Gasteiger partial charge in [0.15, 0.2) is 0 Å². The fourth-order valence-electron chi connectivity index (χ4n) is 2.58. The highest BCUT2D eigenvalue weighted by Gasteiger charge is 2.44. The van der Waals surface area contributed by atoms with Gasteiger partial charge in [-0.15, -0.1) is 0 Å². The van der Waals surface area contributed by atoms with Crippen molar-refractivity contribution in [2.75, 3.05) is 19.0 Å². The summed E-state index contributed by atoms with van der Waals surface area (Å²) < 4.78 is 10.7. The van der Waals surface area contributed by atoms with E-state index in [2.05, 4.69) is 5.32 Å². The number of ether oxygens (including phenoxy) is 2. The molecular weight excluding hydrogens is 278 g/mol. The summed E-state index contributed by atoms with van der Waals surface area (Å²) in [5, 5.41) is 3.88. The Kier molecular flexibility index (Phi) is 4.89. The molecule has 1 aliphatic rings. The van der Waals surface area contributed by atoms with Crippen LogP contribution in [-0.4, -0.2) is 31.3 Å². The summed E-state index contributed by atoms with van der Waals surface area (Å²) in [4.78, 5) is 12.3. The highest BCUT2D eigenvalue weighted by atomic mass is 35.5. The molecule has 4 nitrogen and oxygen atoms in total. The SMILES string of the molecule is CCC1CC(Nc2ccccc2Cl)(C(=O)OC)CCO1. The smallest absolute Gasteiger partial charge is 0.331 e. The highest BCUT2D eigenvalue weighted by molar-refractivity contribution is 6.33. The van der Waals surface area contributed by atoms with E-state index in [-0.39, 0.29) is 12.1 Å². The number of para-hydroxylation sites is 1. The second-order valence-corrected chi connectivity index (χ2v) is 5.44. The number of carbonyl (C=O) groups excluding carboxylic acids is 1. The van der Waals surface area contributed by atoms with Gasteiger partial charge in [-0.1, -0.05) is 30.7 Å². The van der Waals surface area contributed by atoms with Crippen LogP contribution in [0.5, 0.6) is 0 Å². The Balaban J connectivity index is 2.28. The predicted octanol–water partition coefficient (Wildman–Crippen LogP) is 3.25. The molecule has 1 aromatic rings. The van der Waals surface area contributed by atoms with Crippen LogP contribution in [0.25, 0.3) is 0 Å². The molecule has 20 heavy (non-hydrogen) atoms. The first-order chi connectivity index (χ1) is 9.61. The zero-order chi connectivity index (χ0) is 14.6. The van der Waals surface area contributed by atoms with Gasteiger partial charge < -0.3 is 14.8 Å². The van der Waals surface area contributed by atoms with Crippen molar-refractivity contribution < 1.29 is 14.3 Å². The van der Waals surface area contributed by atoms with Gasteiger partial charge in [-0.25, -0.2) is 4.79 Å². The van der Waals surface area contributed by atoms with Gasteiger partial charge in [0.2, 0.25) is 0 Å². The van der Waals surface area contributed by atoms with E-state index in [1.807, 2.05) is 25.1 Å². The molecule has 110 valence electrons. The van der Waals surface area contributed by atoms with Crippen molar-refractivity contribution >= 4 is 23.3 Å². The Morgan fingerprint density at radius 2 is 2.30 bits per heavy atom. The summed E-state index contributed by atoms with van der Waals surface area (Å²) in [5.41, 5.74) is -0.0186. The maximum atomic E-state index is 12.3. The summed E-state index contributed by atoms with van der Waals surface area (Å²) in [6.07, 6.45) is 2.07. The third kappa shape index (κ3) is 3.07. The third-order valence-electron chi connectivity index (χ3n) is 3.74. The van der Waals surface area contributed by atoms with Crippen molar-refractivity contribution in [3.63, 3.8) is 0 Å². The Hall–Kier alpha value is -1.26. The molecule has 0 radical (unpaired) electrons. The Bertz CT molecular complexity index is 480. The van der Waals surface area contributed by atoms with Crippen molar-refractivity contribution in [1.82, 2.24) is 0 Å². The van der Waals surface area contributed by atoms with E-state index >= 15 is 0 Å². The summed E-state index contributed by atoms with van der Waals surface area (Å²) in [7, 11) is 1.41. The number of rotatable bonds is 4. The number of nitrogens with one attached hydrogen (secondary N) is 1. The van der Waals surface area contributed by atoms with Crippen molar-refractivity contribution in [3.05, 3.63) is 29.3 Å². The van der Waals surface area contributed by atoms with Gasteiger partial charge in [0.05, 0.1) is 23.9 Å². The lowest BCUT2D eigenvalue weighted by Gasteiger charge is -2.39. The summed E-state index contributed by atoms with van der Waals surface area (Å²) >= 11 is 6.18. The molecule has 0 spiro atoms. The lowest BCUT2D eigenvalue weighted by Crippen LogP contribution is -2.53. The quantitative estimate of drug-likeness (QED) is 0.867. The molecular formula is C15H20ClNO3. The van der Waals surface area contributed by atoms with E-state index in [1.54, 1.807) is 6.07 Å². The van der Waals surface area contributed by atoms with Crippen LogP contribution in [0.15, 0.2) is 24.3 Å². The molecule has 0 aliphatic carbocycles. The van der Waals surface area contributed by atoms with Crippen LogP contribution >= 0.6 is 11.6 Å². The van der Waals surface area contributed by atoms with E-state index in [1.165, 1.54) is 7.11 Å². The third-order valence-corrected chi connectivity index (χ3v) is 4.07. The zero-order valence-electron chi connectivity index (χ0n) is 11.8. The van der Waals surface area contributed by atoms with E-state index in [4.69, 9.17) is 21.1 Å². The number of benzene rings is 1. The molecule has 5 heteroatoms. The van der Waals surface area contributed by atoms with Crippen molar-refractivity contribution in [3.8, 4) is 0 Å². The van der Waals surface area contributed by atoms with Crippen molar-refractivity contribution in [2.24, 2.45) is 0 Å². The van der Waals surface area contributed by atoms with Crippen LogP contribution in [0.4, 0.5) is 5.69 Å². The molecule has 1 heterocycles. The second-order valence-electron chi connectivity index (χ2n) is 5.03. The molecule has 1 aliphatic heterocycles. The minimum absolute atomic E-state index is 0.0536. The average Bonchev–Trinajstić information content (AvgIpc) is 2.49. The minimum atomic E-state index is -0.765. The van der Waals surface area contributed by atoms with E-state index in [9.17, 15) is 4.79 Å². The minimum Gasteiger partial charge on any atom is -0.467 e. The topological polar surface area (TPSA) is 47.6 Å². The molecule has 0 saturated carbocycles. The number of halogens is 1. The molecule has 1 N–H and O–H groups in total. The fourth-order valence-corrected chi connectivity index (χ4v) is 2.76. The summed E-state index contributed by atoms with van der Waals surface area (Å²) in [6.45, 7) is 2.58. The molecule has 1 aromatic carbocycles. The number of esters is 1. The molecule has 0 bridgehead atoms. The molecule has 1 saturated heterocycles. The maximum Gasteiger partial charge on any atom is 0.331 e. The van der Waals surface area contributed by atoms with Crippen molar-refractivity contribution in [2.45, 2.75) is 37.8 Å². The average molecular weight is 298 g/mol. The van der Waals surface area contributed by atoms with Crippen LogP contribution in [0, 0.1) is 0 Å². The lowest BCUT2D eigenvalue weighted by atomic mass is 9.85. The van der Waals surface area contributed by atoms with E-state index in [0.717, 1.165) is 12.1 Å². The first-order valence-electron chi connectivity index (χ1n) is 6.84. The Morgan fingerprint density at radius 1 is 1.55 bits per heavy atom. The first-order valence-corrected chi connectivity index (χ1v) is 7.22. The van der Waals surface area contributed by atoms with E-state index < -0.39 is 5.54 Å². The normalized spacial score (nSPS) is 26.1. The van der Waals surface area contributed by atoms with E-state index in [0.29, 0.717) is 24.5 Å². The number of hydrogen-bond donors (Lipinski definition) is 1. The number of carbonyl (C=O) groups is 1. The van der Waals surface area contributed by atoms with Crippen molar-refractivity contribution in [1.29, 1.82) is 0 Å². The molecule has 0 aromatic heterocycles. The van der Waals surface area contributed by atoms with Gasteiger partial charge in [0, 0.05) is 19.4 Å². The van der Waals surface area contributed by atoms with Gasteiger partial charge in [-0.05, 0) is 18.6 Å². The largest absolute Gasteiger partial charge is 0.467 e. The molecule has 2 unspecified atom stereocenters. The van der Waals surface area contributed by atoms with Crippen LogP contribution in [0.1, 0.15) is 26.2 Å². The monoisotopic (exact) mass is 297 g/mol. The zero-order valence-corrected chi connectivity index (χ0v) is 12.6. The van der Waals surface area contributed by atoms with Gasteiger partial charge >= 0.3 is 5.97 Å². The molecule has 0 amide bonds.